The largest absolute Gasteiger partial charge is 0.506 e. The highest BCUT2D eigenvalue weighted by Gasteiger charge is 2.33. The van der Waals surface area contributed by atoms with Crippen molar-refractivity contribution in [1.29, 1.82) is 0 Å². The topological polar surface area (TPSA) is 95.9 Å². The number of aromatic hydroxyl groups is 1. The maximum Gasteiger partial charge on any atom is 0.267 e. The van der Waals surface area contributed by atoms with Crippen LogP contribution in [0, 0.1) is 0 Å². The first-order chi connectivity index (χ1) is 13.8. The molecule has 7 nitrogen and oxygen atoms in total. The van der Waals surface area contributed by atoms with Crippen LogP contribution in [0.15, 0.2) is 65.6 Å². The molecule has 0 radical (unpaired) electrons. The molecule has 4 rings (SSSR count). The Bertz CT molecular complexity index is 1240. The molecule has 3 aromatic carbocycles. The molecule has 1 amide bonds. The molecule has 0 bridgehead atoms. The predicted molar refractivity (Wildman–Crippen MR) is 110 cm³/mol. The van der Waals surface area contributed by atoms with Crippen LogP contribution in [-0.4, -0.2) is 26.5 Å². The van der Waals surface area contributed by atoms with E-state index in [1.165, 1.54) is 31.3 Å². The lowest BCUT2D eigenvalue weighted by Crippen LogP contribution is -2.26. The number of amides is 1. The Labute approximate surface area is 172 Å². The van der Waals surface area contributed by atoms with Gasteiger partial charge in [0.15, 0.2) is 5.75 Å². The van der Waals surface area contributed by atoms with Gasteiger partial charge in [0, 0.05) is 13.1 Å². The zero-order valence-corrected chi connectivity index (χ0v) is 16.7. The summed E-state index contributed by atoms with van der Waals surface area (Å²) >= 11 is 6.26. The molecule has 2 N–H and O–H groups in total. The number of sulfonamides is 1. The van der Waals surface area contributed by atoms with Crippen LogP contribution < -0.4 is 14.4 Å². The molecule has 0 saturated heterocycles. The van der Waals surface area contributed by atoms with Gasteiger partial charge in [-0.1, -0.05) is 35.9 Å². The minimum atomic E-state index is -4.00. The number of phenols is 1. The number of phenolic OH excluding ortho intramolecular Hbond substituents is 1. The van der Waals surface area contributed by atoms with Crippen molar-refractivity contribution in [3.63, 3.8) is 0 Å². The third kappa shape index (κ3) is 3.26. The van der Waals surface area contributed by atoms with Crippen LogP contribution in [0.4, 0.5) is 11.4 Å². The van der Waals surface area contributed by atoms with Gasteiger partial charge < -0.3 is 15.2 Å². The number of nitrogens with one attached hydrogen (secondary N) is 1. The van der Waals surface area contributed by atoms with Crippen LogP contribution in [0.5, 0.6) is 17.2 Å². The minimum absolute atomic E-state index is 0.00825. The van der Waals surface area contributed by atoms with Crippen molar-refractivity contribution in [2.45, 2.75) is 4.90 Å². The van der Waals surface area contributed by atoms with Gasteiger partial charge in [-0.05, 0) is 30.3 Å². The molecule has 0 atom stereocenters. The second-order valence-electron chi connectivity index (χ2n) is 6.29. The van der Waals surface area contributed by atoms with Crippen LogP contribution in [0.1, 0.15) is 10.4 Å². The van der Waals surface area contributed by atoms with E-state index in [1.807, 2.05) is 0 Å². The van der Waals surface area contributed by atoms with E-state index in [0.29, 0.717) is 11.4 Å². The lowest BCUT2D eigenvalue weighted by Gasteiger charge is -2.18. The monoisotopic (exact) mass is 430 g/mol. The molecule has 0 aromatic heterocycles. The second kappa shape index (κ2) is 6.98. The van der Waals surface area contributed by atoms with E-state index in [1.54, 1.807) is 36.4 Å². The number of carbonyl (C=O) groups excluding carboxylic acids is 1. The van der Waals surface area contributed by atoms with Gasteiger partial charge in [0.2, 0.25) is 0 Å². The molecule has 9 heteroatoms. The number of fused-ring (bicyclic) bond motifs is 2. The van der Waals surface area contributed by atoms with Crippen LogP contribution in [-0.2, 0) is 10.0 Å². The predicted octanol–water partition coefficient (Wildman–Crippen LogP) is 4.23. The molecule has 1 heterocycles. The van der Waals surface area contributed by atoms with E-state index in [9.17, 15) is 18.3 Å². The first kappa shape index (κ1) is 19.1. The molecule has 1 aliphatic rings. The van der Waals surface area contributed by atoms with Crippen LogP contribution in [0.25, 0.3) is 0 Å². The Balaban J connectivity index is 1.81. The summed E-state index contributed by atoms with van der Waals surface area (Å²) in [6.07, 6.45) is 0. The lowest BCUT2D eigenvalue weighted by atomic mass is 10.2. The number of nitrogens with zero attached hydrogens (tertiary/aromatic N) is 1. The number of rotatable bonds is 2. The van der Waals surface area contributed by atoms with Crippen molar-refractivity contribution in [3.05, 3.63) is 71.2 Å². The number of hydrogen-bond acceptors (Lipinski definition) is 5. The van der Waals surface area contributed by atoms with Gasteiger partial charge in [-0.2, -0.15) is 0 Å². The van der Waals surface area contributed by atoms with Gasteiger partial charge in [0.25, 0.3) is 15.9 Å². The molecule has 29 heavy (non-hydrogen) atoms. The van der Waals surface area contributed by atoms with Gasteiger partial charge in [-0.15, -0.1) is 0 Å². The highest BCUT2D eigenvalue weighted by Crippen LogP contribution is 2.43. The first-order valence-corrected chi connectivity index (χ1v) is 10.3. The Morgan fingerprint density at radius 3 is 2.52 bits per heavy atom. The van der Waals surface area contributed by atoms with Crippen LogP contribution >= 0.6 is 11.6 Å². The first-order valence-electron chi connectivity index (χ1n) is 8.48. The molecule has 1 aliphatic heterocycles. The Morgan fingerprint density at radius 1 is 1.07 bits per heavy atom. The standard InChI is InChI=1S/C20H15ClN2O5S/c1-23-15-7-3-5-9-17(15)28-18-11-13(21)12(10-19(18)29(23,26)27)20(25)22-14-6-2-4-8-16(14)24/h2-11,24H,1H3,(H,22,25). The average Bonchev–Trinajstić information content (AvgIpc) is 2.76. The molecular formula is C20H15ClN2O5S. The number of carbonyl (C=O) groups is 1. The second-order valence-corrected chi connectivity index (χ2v) is 8.64. The van der Waals surface area contributed by atoms with Crippen LogP contribution in [0.3, 0.4) is 0 Å². The van der Waals surface area contributed by atoms with Crippen molar-refractivity contribution in [2.24, 2.45) is 0 Å². The molecule has 0 fully saturated rings. The smallest absolute Gasteiger partial charge is 0.267 e. The molecule has 3 aromatic rings. The van der Waals surface area contributed by atoms with E-state index < -0.39 is 15.9 Å². The summed E-state index contributed by atoms with van der Waals surface area (Å²) in [6, 6.07) is 15.3. The van der Waals surface area contributed by atoms with Crippen molar-refractivity contribution in [2.75, 3.05) is 16.7 Å². The van der Waals surface area contributed by atoms with Gasteiger partial charge in [-0.25, -0.2) is 8.42 Å². The van der Waals surface area contributed by atoms with Crippen molar-refractivity contribution in [1.82, 2.24) is 0 Å². The molecule has 148 valence electrons. The number of ether oxygens (including phenoxy) is 1. The molecule has 0 unspecified atom stereocenters. The number of hydrogen-bond donors (Lipinski definition) is 2. The summed E-state index contributed by atoms with van der Waals surface area (Å²) in [4.78, 5) is 12.5. The molecular weight excluding hydrogens is 416 g/mol. The highest BCUT2D eigenvalue weighted by atomic mass is 35.5. The Hall–Kier alpha value is -3.23. The van der Waals surface area contributed by atoms with Crippen LogP contribution in [0.2, 0.25) is 5.02 Å². The van der Waals surface area contributed by atoms with Gasteiger partial charge >= 0.3 is 0 Å². The maximum absolute atomic E-state index is 13.1. The van der Waals surface area contributed by atoms with Gasteiger partial charge in [0.05, 0.1) is 22.0 Å². The van der Waals surface area contributed by atoms with E-state index in [0.717, 1.165) is 4.31 Å². The SMILES string of the molecule is CN1c2ccccc2Oc2cc(Cl)c(C(=O)Nc3ccccc3O)cc2S1(=O)=O. The zero-order valence-electron chi connectivity index (χ0n) is 15.1. The summed E-state index contributed by atoms with van der Waals surface area (Å²) in [7, 11) is -2.60. The molecule has 0 aliphatic carbocycles. The number of halogens is 1. The van der Waals surface area contributed by atoms with Gasteiger partial charge in [-0.3, -0.25) is 9.10 Å². The number of anilines is 2. The Kier molecular flexibility index (Phi) is 4.60. The summed E-state index contributed by atoms with van der Waals surface area (Å²) < 4.78 is 33.1. The van der Waals surface area contributed by atoms with Crippen molar-refractivity contribution >= 4 is 38.9 Å². The molecule has 0 saturated carbocycles. The van der Waals surface area contributed by atoms with Gasteiger partial charge in [0.1, 0.15) is 16.4 Å². The quantitative estimate of drug-likeness (QED) is 0.593. The lowest BCUT2D eigenvalue weighted by molar-refractivity contribution is 0.102. The summed E-state index contributed by atoms with van der Waals surface area (Å²) in [5.74, 6) is -0.428. The van der Waals surface area contributed by atoms with E-state index >= 15 is 0 Å². The zero-order chi connectivity index (χ0) is 20.8. The normalized spacial score (nSPS) is 14.2. The minimum Gasteiger partial charge on any atom is -0.506 e. The molecule has 0 spiro atoms. The maximum atomic E-state index is 13.1. The van der Waals surface area contributed by atoms with E-state index in [4.69, 9.17) is 16.3 Å². The summed E-state index contributed by atoms with van der Waals surface area (Å²) in [5, 5.41) is 12.4. The average molecular weight is 431 g/mol. The fraction of sp³-hybridized carbons (Fsp3) is 0.0500. The summed E-state index contributed by atoms with van der Waals surface area (Å²) in [5.41, 5.74) is 0.465. The number of para-hydroxylation sites is 4. The Morgan fingerprint density at radius 2 is 1.76 bits per heavy atom. The fourth-order valence-corrected chi connectivity index (χ4v) is 4.52. The third-order valence-electron chi connectivity index (χ3n) is 4.49. The fourth-order valence-electron chi connectivity index (χ4n) is 2.96. The third-order valence-corrected chi connectivity index (χ3v) is 6.60. The van der Waals surface area contributed by atoms with Crippen molar-refractivity contribution in [3.8, 4) is 17.2 Å². The highest BCUT2D eigenvalue weighted by molar-refractivity contribution is 7.93. The van der Waals surface area contributed by atoms with Crippen molar-refractivity contribution < 1.29 is 23.1 Å². The summed E-state index contributed by atoms with van der Waals surface area (Å²) in [6.45, 7) is 0. The van der Waals surface area contributed by atoms with E-state index in [2.05, 4.69) is 5.32 Å². The number of benzene rings is 3. The van der Waals surface area contributed by atoms with E-state index in [-0.39, 0.29) is 32.7 Å².